The van der Waals surface area contributed by atoms with Crippen molar-refractivity contribution in [2.75, 3.05) is 0 Å². The van der Waals surface area contributed by atoms with Crippen LogP contribution in [0.25, 0.3) is 110 Å². The number of hydrogen-bond acceptors (Lipinski definition) is 1. The summed E-state index contributed by atoms with van der Waals surface area (Å²) in [6, 6.07) is 87.9. The molecule has 0 saturated heterocycles. The molecule has 1 aromatic heterocycles. The second-order valence-corrected chi connectivity index (χ2v) is 17.8. The Morgan fingerprint density at radius 1 is 0.246 bits per heavy atom. The van der Waals surface area contributed by atoms with Crippen LogP contribution in [0, 0.1) is 0 Å². The Morgan fingerprint density at radius 3 is 1.31 bits per heavy atom. The van der Waals surface area contributed by atoms with Gasteiger partial charge in [0.2, 0.25) is 0 Å². The van der Waals surface area contributed by atoms with Crippen LogP contribution in [0.3, 0.4) is 0 Å². The number of pyridine rings is 1. The van der Waals surface area contributed by atoms with Crippen molar-refractivity contribution in [3.05, 3.63) is 259 Å². The first kappa shape index (κ1) is 36.1. The monoisotopic (exact) mass is 821 g/mol. The lowest BCUT2D eigenvalue weighted by Gasteiger charge is -2.30. The fourth-order valence-electron chi connectivity index (χ4n) is 11.5. The molecule has 12 aromatic rings. The van der Waals surface area contributed by atoms with Gasteiger partial charge >= 0.3 is 0 Å². The molecule has 0 atom stereocenters. The Hall–Kier alpha value is -8.39. The molecule has 0 N–H and O–H groups in total. The first-order valence-electron chi connectivity index (χ1n) is 22.6. The predicted molar refractivity (Wildman–Crippen MR) is 272 cm³/mol. The highest BCUT2D eigenvalue weighted by Crippen LogP contribution is 2.63. The normalized spacial score (nSPS) is 13.0. The van der Waals surface area contributed by atoms with Gasteiger partial charge in [0.05, 0.1) is 16.6 Å². The quantitative estimate of drug-likeness (QED) is 0.161. The zero-order valence-corrected chi connectivity index (χ0v) is 35.5. The highest BCUT2D eigenvalue weighted by atomic mass is 14.7. The lowest BCUT2D eigenvalue weighted by atomic mass is 9.70. The number of nitrogens with zero attached hydrogens (tertiary/aromatic N) is 1. The van der Waals surface area contributed by atoms with Crippen LogP contribution < -0.4 is 0 Å². The summed E-state index contributed by atoms with van der Waals surface area (Å²) in [6.07, 6.45) is 0. The Bertz CT molecular complexity index is 3820. The van der Waals surface area contributed by atoms with E-state index in [1.165, 1.54) is 105 Å². The van der Waals surface area contributed by atoms with Gasteiger partial charge < -0.3 is 0 Å². The summed E-state index contributed by atoms with van der Waals surface area (Å²) in [7, 11) is 0. The topological polar surface area (TPSA) is 12.9 Å². The average Bonchev–Trinajstić information content (AvgIpc) is 3.84. The van der Waals surface area contributed by atoms with Crippen LogP contribution in [-0.2, 0) is 5.41 Å². The number of fused-ring (bicyclic) bond motifs is 15. The molecule has 0 bridgehead atoms. The van der Waals surface area contributed by atoms with Gasteiger partial charge in [0.25, 0.3) is 0 Å². The molecule has 0 saturated carbocycles. The van der Waals surface area contributed by atoms with Crippen molar-refractivity contribution in [1.82, 2.24) is 4.98 Å². The van der Waals surface area contributed by atoms with Crippen LogP contribution >= 0.6 is 0 Å². The molecule has 0 aliphatic heterocycles. The van der Waals surface area contributed by atoms with E-state index in [4.69, 9.17) is 4.98 Å². The molecule has 0 fully saturated rings. The maximum absolute atomic E-state index is 5.54. The van der Waals surface area contributed by atoms with Crippen molar-refractivity contribution in [1.29, 1.82) is 0 Å². The summed E-state index contributed by atoms with van der Waals surface area (Å²) in [5.41, 5.74) is 20.3. The minimum absolute atomic E-state index is 0.420. The second kappa shape index (κ2) is 13.8. The average molecular weight is 822 g/mol. The van der Waals surface area contributed by atoms with Gasteiger partial charge in [-0.3, -0.25) is 0 Å². The van der Waals surface area contributed by atoms with Crippen molar-refractivity contribution in [3.63, 3.8) is 0 Å². The summed E-state index contributed by atoms with van der Waals surface area (Å²) in [4.78, 5) is 5.54. The highest BCUT2D eigenvalue weighted by Gasteiger charge is 2.51. The van der Waals surface area contributed by atoms with Crippen LogP contribution in [-0.4, -0.2) is 4.98 Å². The summed E-state index contributed by atoms with van der Waals surface area (Å²) >= 11 is 0. The molecule has 1 spiro atoms. The van der Waals surface area contributed by atoms with E-state index in [1.54, 1.807) is 0 Å². The first-order valence-corrected chi connectivity index (χ1v) is 22.6. The molecular formula is C64H39N. The second-order valence-electron chi connectivity index (χ2n) is 17.8. The molecule has 1 heteroatoms. The third kappa shape index (κ3) is 5.30. The molecule has 2 aliphatic carbocycles. The van der Waals surface area contributed by atoms with Crippen molar-refractivity contribution in [2.45, 2.75) is 5.41 Å². The van der Waals surface area contributed by atoms with Gasteiger partial charge in [-0.05, 0) is 159 Å². The molecule has 0 amide bonds. The maximum atomic E-state index is 5.54. The molecule has 1 nitrogen and oxygen atoms in total. The predicted octanol–water partition coefficient (Wildman–Crippen LogP) is 16.7. The van der Waals surface area contributed by atoms with Crippen LogP contribution in [0.5, 0.6) is 0 Å². The summed E-state index contributed by atoms with van der Waals surface area (Å²) in [5.74, 6) is 0. The molecule has 1 heterocycles. The van der Waals surface area contributed by atoms with E-state index >= 15 is 0 Å². The van der Waals surface area contributed by atoms with E-state index in [0.29, 0.717) is 0 Å². The smallest absolute Gasteiger partial charge is 0.0788 e. The standard InChI is InChI=1S/C64H39N/c1-3-16-42-32-45(30-28-40(42)14-1)49-35-48(36-50(37-49)46-31-29-41-15-2-4-17-43(41)33-46)44-18-13-19-47(34-44)63-57-38-56-53-22-7-11-26-60(53)64(61(56)39-55(57)54-23-8-12-27-62(54)65-63)58-24-9-5-20-51(58)52-21-6-10-25-59(52)64/h1-39H. The van der Waals surface area contributed by atoms with Gasteiger partial charge in [-0.15, -0.1) is 0 Å². The summed E-state index contributed by atoms with van der Waals surface area (Å²) < 4.78 is 0. The molecular weight excluding hydrogens is 783 g/mol. The molecule has 0 radical (unpaired) electrons. The first-order chi connectivity index (χ1) is 32.2. The summed E-state index contributed by atoms with van der Waals surface area (Å²) in [5, 5.41) is 8.51. The Balaban J connectivity index is 0.990. The SMILES string of the molecule is c1cc(-c2cc(-c3ccc4ccccc4c3)cc(-c3ccc4ccccc4c3)c2)cc(-c2nc3ccccc3c3cc4c(cc23)-c2ccccc2C42c3ccccc3-c3ccccc32)c1. The van der Waals surface area contributed by atoms with Gasteiger partial charge in [0, 0.05) is 16.3 Å². The number of aromatic nitrogens is 1. The molecule has 2 aliphatic rings. The van der Waals surface area contributed by atoms with Crippen molar-refractivity contribution < 1.29 is 0 Å². The van der Waals surface area contributed by atoms with E-state index in [1.807, 2.05) is 0 Å². The van der Waals surface area contributed by atoms with Gasteiger partial charge in [-0.25, -0.2) is 4.98 Å². The molecule has 0 unspecified atom stereocenters. The Morgan fingerprint density at radius 2 is 0.708 bits per heavy atom. The van der Waals surface area contributed by atoms with Crippen molar-refractivity contribution in [3.8, 4) is 66.9 Å². The fourth-order valence-corrected chi connectivity index (χ4v) is 11.5. The van der Waals surface area contributed by atoms with E-state index in [2.05, 4.69) is 237 Å². The van der Waals surface area contributed by atoms with Gasteiger partial charge in [-0.1, -0.05) is 182 Å². The van der Waals surface area contributed by atoms with E-state index in [-0.39, 0.29) is 0 Å². The zero-order valence-electron chi connectivity index (χ0n) is 35.5. The lowest BCUT2D eigenvalue weighted by Crippen LogP contribution is -2.25. The van der Waals surface area contributed by atoms with Crippen LogP contribution in [0.1, 0.15) is 22.3 Å². The van der Waals surface area contributed by atoms with Crippen LogP contribution in [0.2, 0.25) is 0 Å². The third-order valence-electron chi connectivity index (χ3n) is 14.4. The third-order valence-corrected chi connectivity index (χ3v) is 14.4. The number of benzene rings is 11. The number of para-hydroxylation sites is 1. The van der Waals surface area contributed by atoms with Crippen LogP contribution in [0.4, 0.5) is 0 Å². The van der Waals surface area contributed by atoms with Gasteiger partial charge in [-0.2, -0.15) is 0 Å². The maximum Gasteiger partial charge on any atom is 0.0788 e. The van der Waals surface area contributed by atoms with E-state index < -0.39 is 5.41 Å². The lowest BCUT2D eigenvalue weighted by molar-refractivity contribution is 0.795. The largest absolute Gasteiger partial charge is 0.247 e. The van der Waals surface area contributed by atoms with E-state index in [9.17, 15) is 0 Å². The Kier molecular flexibility index (Phi) is 7.67. The molecule has 65 heavy (non-hydrogen) atoms. The Labute approximate surface area is 377 Å². The minimum Gasteiger partial charge on any atom is -0.247 e. The number of hydrogen-bond donors (Lipinski definition) is 0. The van der Waals surface area contributed by atoms with Crippen LogP contribution in [0.15, 0.2) is 237 Å². The molecule has 14 rings (SSSR count). The fraction of sp³-hybridized carbons (Fsp3) is 0.0156. The molecule has 11 aromatic carbocycles. The highest BCUT2D eigenvalue weighted by molar-refractivity contribution is 6.14. The zero-order chi connectivity index (χ0) is 42.6. The van der Waals surface area contributed by atoms with Gasteiger partial charge in [0.1, 0.15) is 0 Å². The van der Waals surface area contributed by atoms with Crippen molar-refractivity contribution in [2.24, 2.45) is 0 Å². The van der Waals surface area contributed by atoms with Crippen molar-refractivity contribution >= 4 is 43.2 Å². The van der Waals surface area contributed by atoms with E-state index in [0.717, 1.165) is 27.7 Å². The number of rotatable bonds is 4. The minimum atomic E-state index is -0.420. The van der Waals surface area contributed by atoms with Gasteiger partial charge in [0.15, 0.2) is 0 Å². The summed E-state index contributed by atoms with van der Waals surface area (Å²) in [6.45, 7) is 0. The molecule has 300 valence electrons.